The summed E-state index contributed by atoms with van der Waals surface area (Å²) in [4.78, 5) is 0. The molecule has 0 aliphatic heterocycles. The van der Waals surface area contributed by atoms with E-state index >= 15 is 0 Å². The standard InChI is InChI=1S/C31H32ClNO4/c1-7-35-31-23(6)26(11-12-28(31)34)25-10-8-9-24(22(25)5)18-37-30-15-29(21(4)14-27(30)32)36-17-20(3)13-19(2)16-33/h8-15,34H,2,7,17-18H2,1,3-6H3/b20-13+. The molecule has 0 atom stereocenters. The molecule has 3 rings (SSSR count). The lowest BCUT2D eigenvalue weighted by atomic mass is 9.93. The molecule has 37 heavy (non-hydrogen) atoms. The van der Waals surface area contributed by atoms with Crippen LogP contribution in [0.1, 0.15) is 36.1 Å². The monoisotopic (exact) mass is 517 g/mol. The second-order valence-electron chi connectivity index (χ2n) is 8.86. The summed E-state index contributed by atoms with van der Waals surface area (Å²) in [5.74, 6) is 1.81. The SMILES string of the molecule is C=C(C#N)/C=C(\C)COc1cc(OCc2cccc(-c3ccc(O)c(OCC)c3C)c2C)c(Cl)cc1C. The van der Waals surface area contributed by atoms with Crippen molar-refractivity contribution in [3.63, 3.8) is 0 Å². The molecule has 0 saturated carbocycles. The smallest absolute Gasteiger partial charge is 0.164 e. The van der Waals surface area contributed by atoms with Crippen molar-refractivity contribution in [2.24, 2.45) is 0 Å². The first kappa shape index (κ1) is 27.7. The number of phenols is 1. The maximum absolute atomic E-state index is 10.2. The third kappa shape index (κ3) is 6.67. The van der Waals surface area contributed by atoms with Crippen LogP contribution in [0, 0.1) is 32.1 Å². The zero-order chi connectivity index (χ0) is 27.1. The van der Waals surface area contributed by atoms with Gasteiger partial charge < -0.3 is 19.3 Å². The van der Waals surface area contributed by atoms with Crippen LogP contribution in [0.3, 0.4) is 0 Å². The van der Waals surface area contributed by atoms with E-state index in [2.05, 4.69) is 19.6 Å². The van der Waals surface area contributed by atoms with Crippen LogP contribution in [0.2, 0.25) is 5.02 Å². The molecule has 0 heterocycles. The van der Waals surface area contributed by atoms with Gasteiger partial charge in [-0.15, -0.1) is 0 Å². The van der Waals surface area contributed by atoms with Gasteiger partial charge in [0.05, 0.1) is 17.7 Å². The predicted octanol–water partition coefficient (Wildman–Crippen LogP) is 8.02. The molecule has 0 aromatic heterocycles. The number of nitriles is 1. The zero-order valence-corrected chi connectivity index (χ0v) is 22.7. The second kappa shape index (κ2) is 12.4. The lowest BCUT2D eigenvalue weighted by molar-refractivity contribution is 0.300. The summed E-state index contributed by atoms with van der Waals surface area (Å²) < 4.78 is 17.8. The van der Waals surface area contributed by atoms with Crippen molar-refractivity contribution in [3.8, 4) is 40.2 Å². The quantitative estimate of drug-likeness (QED) is 0.218. The van der Waals surface area contributed by atoms with Crippen LogP contribution in [-0.2, 0) is 6.61 Å². The zero-order valence-electron chi connectivity index (χ0n) is 21.9. The largest absolute Gasteiger partial charge is 0.504 e. The first-order chi connectivity index (χ1) is 17.7. The molecule has 192 valence electrons. The third-order valence-electron chi connectivity index (χ3n) is 6.04. The highest BCUT2D eigenvalue weighted by Gasteiger charge is 2.16. The maximum Gasteiger partial charge on any atom is 0.164 e. The molecule has 0 aliphatic carbocycles. The minimum absolute atomic E-state index is 0.132. The van der Waals surface area contributed by atoms with Gasteiger partial charge in [0, 0.05) is 17.2 Å². The van der Waals surface area contributed by atoms with Crippen LogP contribution in [-0.4, -0.2) is 18.3 Å². The molecule has 3 aromatic carbocycles. The van der Waals surface area contributed by atoms with E-state index in [1.54, 1.807) is 18.2 Å². The highest BCUT2D eigenvalue weighted by molar-refractivity contribution is 6.32. The van der Waals surface area contributed by atoms with Crippen LogP contribution in [0.4, 0.5) is 0 Å². The summed E-state index contributed by atoms with van der Waals surface area (Å²) >= 11 is 6.49. The second-order valence-corrected chi connectivity index (χ2v) is 9.27. The molecule has 0 fully saturated rings. The van der Waals surface area contributed by atoms with Gasteiger partial charge >= 0.3 is 0 Å². The first-order valence-electron chi connectivity index (χ1n) is 12.0. The Morgan fingerprint density at radius 2 is 1.76 bits per heavy atom. The number of aromatic hydroxyl groups is 1. The van der Waals surface area contributed by atoms with E-state index in [0.717, 1.165) is 39.0 Å². The molecule has 0 saturated heterocycles. The molecular formula is C31H32ClNO4. The van der Waals surface area contributed by atoms with Crippen LogP contribution >= 0.6 is 11.6 Å². The fraction of sp³-hybridized carbons (Fsp3) is 0.258. The van der Waals surface area contributed by atoms with Gasteiger partial charge in [-0.2, -0.15) is 5.26 Å². The van der Waals surface area contributed by atoms with E-state index in [1.807, 2.05) is 58.0 Å². The molecule has 0 unspecified atom stereocenters. The Morgan fingerprint density at radius 3 is 2.46 bits per heavy atom. The Bertz CT molecular complexity index is 1380. The number of aryl methyl sites for hydroxylation is 1. The summed E-state index contributed by atoms with van der Waals surface area (Å²) in [5.41, 5.74) is 7.14. The summed E-state index contributed by atoms with van der Waals surface area (Å²) in [6, 6.07) is 15.2. The highest BCUT2D eigenvalue weighted by atomic mass is 35.5. The third-order valence-corrected chi connectivity index (χ3v) is 6.34. The van der Waals surface area contributed by atoms with Crippen molar-refractivity contribution in [2.75, 3.05) is 13.2 Å². The Morgan fingerprint density at radius 1 is 1.03 bits per heavy atom. The van der Waals surface area contributed by atoms with Crippen LogP contribution in [0.15, 0.2) is 66.3 Å². The highest BCUT2D eigenvalue weighted by Crippen LogP contribution is 2.39. The lowest BCUT2D eigenvalue weighted by Crippen LogP contribution is -2.03. The number of ether oxygens (including phenoxy) is 3. The minimum Gasteiger partial charge on any atom is -0.504 e. The molecule has 0 bridgehead atoms. The summed E-state index contributed by atoms with van der Waals surface area (Å²) in [5, 5.41) is 19.6. The van der Waals surface area contributed by atoms with Gasteiger partial charge in [-0.25, -0.2) is 0 Å². The van der Waals surface area contributed by atoms with E-state index in [9.17, 15) is 5.11 Å². The van der Waals surface area contributed by atoms with E-state index in [4.69, 9.17) is 31.1 Å². The number of hydrogen-bond acceptors (Lipinski definition) is 5. The molecule has 6 heteroatoms. The maximum atomic E-state index is 10.2. The summed E-state index contributed by atoms with van der Waals surface area (Å²) in [6.07, 6.45) is 1.70. The molecule has 0 aliphatic rings. The normalized spacial score (nSPS) is 11.1. The van der Waals surface area contributed by atoms with Gasteiger partial charge in [-0.3, -0.25) is 0 Å². The number of hydrogen-bond donors (Lipinski definition) is 1. The van der Waals surface area contributed by atoms with Gasteiger partial charge in [0.15, 0.2) is 11.5 Å². The van der Waals surface area contributed by atoms with E-state index in [0.29, 0.717) is 47.7 Å². The van der Waals surface area contributed by atoms with Gasteiger partial charge in [0.2, 0.25) is 0 Å². The fourth-order valence-electron chi connectivity index (χ4n) is 4.05. The number of allylic oxidation sites excluding steroid dienone is 2. The summed E-state index contributed by atoms with van der Waals surface area (Å²) in [6.45, 7) is 14.5. The van der Waals surface area contributed by atoms with Crippen LogP contribution < -0.4 is 14.2 Å². The number of nitrogens with zero attached hydrogens (tertiary/aromatic N) is 1. The Balaban J connectivity index is 1.83. The van der Waals surface area contributed by atoms with Crippen LogP contribution in [0.25, 0.3) is 11.1 Å². The summed E-state index contributed by atoms with van der Waals surface area (Å²) in [7, 11) is 0. The number of rotatable bonds is 10. The van der Waals surface area contributed by atoms with Crippen molar-refractivity contribution >= 4 is 11.6 Å². The molecule has 5 nitrogen and oxygen atoms in total. The van der Waals surface area contributed by atoms with Crippen molar-refractivity contribution in [1.82, 2.24) is 0 Å². The number of phenolic OH excluding ortho intramolecular Hbond substituents is 1. The average molecular weight is 518 g/mol. The fourth-order valence-corrected chi connectivity index (χ4v) is 4.32. The molecule has 1 N–H and O–H groups in total. The molecule has 3 aromatic rings. The van der Waals surface area contributed by atoms with Gasteiger partial charge in [0.1, 0.15) is 24.7 Å². The molecular weight excluding hydrogens is 486 g/mol. The van der Waals surface area contributed by atoms with E-state index in [-0.39, 0.29) is 5.75 Å². The lowest BCUT2D eigenvalue weighted by Gasteiger charge is -2.18. The van der Waals surface area contributed by atoms with Crippen molar-refractivity contribution in [2.45, 2.75) is 41.2 Å². The number of halogens is 1. The Kier molecular flexibility index (Phi) is 9.27. The van der Waals surface area contributed by atoms with Gasteiger partial charge in [-0.05, 0) is 86.2 Å². The molecule has 0 spiro atoms. The van der Waals surface area contributed by atoms with E-state index in [1.165, 1.54) is 0 Å². The van der Waals surface area contributed by atoms with Crippen LogP contribution in [0.5, 0.6) is 23.0 Å². The first-order valence-corrected chi connectivity index (χ1v) is 12.4. The Hall–Kier alpha value is -3.88. The minimum atomic E-state index is 0.132. The van der Waals surface area contributed by atoms with Gasteiger partial charge in [-0.1, -0.05) is 42.4 Å². The van der Waals surface area contributed by atoms with Crippen molar-refractivity contribution in [3.05, 3.63) is 93.5 Å². The average Bonchev–Trinajstić information content (AvgIpc) is 2.86. The predicted molar refractivity (Wildman–Crippen MR) is 149 cm³/mol. The molecule has 0 amide bonds. The van der Waals surface area contributed by atoms with Gasteiger partial charge in [0.25, 0.3) is 0 Å². The van der Waals surface area contributed by atoms with E-state index < -0.39 is 0 Å². The topological polar surface area (TPSA) is 71.7 Å². The number of benzene rings is 3. The van der Waals surface area contributed by atoms with Crippen molar-refractivity contribution < 1.29 is 19.3 Å². The van der Waals surface area contributed by atoms with Crippen molar-refractivity contribution in [1.29, 1.82) is 5.26 Å². The Labute approximate surface area is 224 Å². The molecule has 0 radical (unpaired) electrons.